The van der Waals surface area contributed by atoms with Gasteiger partial charge in [0.05, 0.1) is 0 Å². The zero-order valence-electron chi connectivity index (χ0n) is 10.2. The molecule has 0 saturated heterocycles. The van der Waals surface area contributed by atoms with Crippen LogP contribution in [0.3, 0.4) is 0 Å². The lowest BCUT2D eigenvalue weighted by atomic mass is 9.56. The third-order valence-electron chi connectivity index (χ3n) is 4.56. The summed E-state index contributed by atoms with van der Waals surface area (Å²) in [4.78, 5) is 11.3. The van der Waals surface area contributed by atoms with Gasteiger partial charge in [-0.3, -0.25) is 0 Å². The number of carbonyl (C=O) groups excluding carboxylic acids is 1. The normalized spacial score (nSPS) is 39.1. The van der Waals surface area contributed by atoms with Gasteiger partial charge in [0.25, 0.3) is 0 Å². The summed E-state index contributed by atoms with van der Waals surface area (Å²) in [6.07, 6.45) is 9.53. The standard InChI is InChI=1S/C14H22O/c1-13(2)8-4-7-12-11(13)6-5-9-14(12,3)10-15/h6,10,12H,4-5,7-9H2,1-3H3/t12-,14-/m0/s1. The van der Waals surface area contributed by atoms with Gasteiger partial charge in [0.2, 0.25) is 0 Å². The Morgan fingerprint density at radius 1 is 1.33 bits per heavy atom. The minimum Gasteiger partial charge on any atom is -0.303 e. The largest absolute Gasteiger partial charge is 0.303 e. The van der Waals surface area contributed by atoms with Crippen LogP contribution in [0.25, 0.3) is 0 Å². The van der Waals surface area contributed by atoms with Crippen LogP contribution in [-0.2, 0) is 4.79 Å². The highest BCUT2D eigenvalue weighted by molar-refractivity contribution is 5.61. The van der Waals surface area contributed by atoms with E-state index in [1.54, 1.807) is 5.57 Å². The minimum atomic E-state index is -0.0816. The van der Waals surface area contributed by atoms with E-state index in [0.717, 1.165) is 12.8 Å². The van der Waals surface area contributed by atoms with Crippen molar-refractivity contribution in [2.75, 3.05) is 0 Å². The molecule has 2 rings (SSSR count). The molecule has 1 saturated carbocycles. The fourth-order valence-electron chi connectivity index (χ4n) is 3.48. The van der Waals surface area contributed by atoms with Crippen LogP contribution in [0.4, 0.5) is 0 Å². The van der Waals surface area contributed by atoms with Crippen LogP contribution in [0.5, 0.6) is 0 Å². The Labute approximate surface area is 92.9 Å². The zero-order chi connectivity index (χ0) is 11.1. The molecule has 15 heavy (non-hydrogen) atoms. The monoisotopic (exact) mass is 206 g/mol. The van der Waals surface area contributed by atoms with E-state index in [-0.39, 0.29) is 5.41 Å². The lowest BCUT2D eigenvalue weighted by molar-refractivity contribution is -0.118. The zero-order valence-corrected chi connectivity index (χ0v) is 10.2. The van der Waals surface area contributed by atoms with Crippen molar-refractivity contribution < 1.29 is 4.79 Å². The predicted octanol–water partition coefficient (Wildman–Crippen LogP) is 3.74. The van der Waals surface area contributed by atoms with E-state index in [1.807, 2.05) is 0 Å². The molecule has 0 amide bonds. The van der Waals surface area contributed by atoms with Gasteiger partial charge in [-0.05, 0) is 37.0 Å². The van der Waals surface area contributed by atoms with E-state index in [1.165, 1.54) is 25.5 Å². The summed E-state index contributed by atoms with van der Waals surface area (Å²) in [5.41, 5.74) is 1.81. The van der Waals surface area contributed by atoms with Gasteiger partial charge in [0, 0.05) is 5.41 Å². The van der Waals surface area contributed by atoms with E-state index < -0.39 is 0 Å². The Bertz CT molecular complexity index is 300. The molecule has 0 unspecified atom stereocenters. The second-order valence-corrected chi connectivity index (χ2v) is 6.15. The molecule has 0 spiro atoms. The van der Waals surface area contributed by atoms with Crippen molar-refractivity contribution in [2.45, 2.75) is 52.9 Å². The van der Waals surface area contributed by atoms with Gasteiger partial charge in [-0.15, -0.1) is 0 Å². The minimum absolute atomic E-state index is 0.0816. The lowest BCUT2D eigenvalue weighted by Gasteiger charge is -2.47. The third kappa shape index (κ3) is 1.66. The fraction of sp³-hybridized carbons (Fsp3) is 0.786. The first-order valence-electron chi connectivity index (χ1n) is 6.16. The predicted molar refractivity (Wildman–Crippen MR) is 62.6 cm³/mol. The van der Waals surface area contributed by atoms with Gasteiger partial charge < -0.3 is 4.79 Å². The quantitative estimate of drug-likeness (QED) is 0.472. The molecule has 0 aromatic heterocycles. The van der Waals surface area contributed by atoms with E-state index in [0.29, 0.717) is 11.3 Å². The number of hydrogen-bond donors (Lipinski definition) is 0. The van der Waals surface area contributed by atoms with Crippen LogP contribution >= 0.6 is 0 Å². The first-order chi connectivity index (χ1) is 6.99. The van der Waals surface area contributed by atoms with Crippen molar-refractivity contribution in [3.8, 4) is 0 Å². The second kappa shape index (κ2) is 3.47. The number of aldehydes is 1. The number of allylic oxidation sites excluding steroid dienone is 2. The summed E-state index contributed by atoms with van der Waals surface area (Å²) >= 11 is 0. The van der Waals surface area contributed by atoms with Crippen LogP contribution in [0.15, 0.2) is 11.6 Å². The summed E-state index contributed by atoms with van der Waals surface area (Å²) in [7, 11) is 0. The Hall–Kier alpha value is -0.590. The molecule has 2 atom stereocenters. The molecule has 1 fully saturated rings. The molecule has 84 valence electrons. The smallest absolute Gasteiger partial charge is 0.126 e. The maximum atomic E-state index is 11.3. The molecule has 1 heteroatoms. The third-order valence-corrected chi connectivity index (χ3v) is 4.56. The maximum Gasteiger partial charge on any atom is 0.126 e. The van der Waals surface area contributed by atoms with Gasteiger partial charge in [-0.25, -0.2) is 0 Å². The van der Waals surface area contributed by atoms with Crippen LogP contribution < -0.4 is 0 Å². The molecular formula is C14H22O. The fourth-order valence-corrected chi connectivity index (χ4v) is 3.48. The SMILES string of the molecule is CC1(C)CCC[C@H]2C1=CCC[C@@]2(C)C=O. The van der Waals surface area contributed by atoms with E-state index >= 15 is 0 Å². The average molecular weight is 206 g/mol. The van der Waals surface area contributed by atoms with E-state index in [2.05, 4.69) is 26.8 Å². The summed E-state index contributed by atoms with van der Waals surface area (Å²) in [6, 6.07) is 0. The van der Waals surface area contributed by atoms with Gasteiger partial charge in [0.1, 0.15) is 6.29 Å². The highest BCUT2D eigenvalue weighted by Gasteiger charge is 2.44. The molecule has 0 aliphatic heterocycles. The van der Waals surface area contributed by atoms with E-state index in [9.17, 15) is 4.79 Å². The van der Waals surface area contributed by atoms with Crippen molar-refractivity contribution in [1.29, 1.82) is 0 Å². The summed E-state index contributed by atoms with van der Waals surface area (Å²) in [5.74, 6) is 0.521. The number of carbonyl (C=O) groups is 1. The topological polar surface area (TPSA) is 17.1 Å². The van der Waals surface area contributed by atoms with Crippen molar-refractivity contribution in [2.24, 2.45) is 16.7 Å². The molecule has 1 nitrogen and oxygen atoms in total. The van der Waals surface area contributed by atoms with Crippen LogP contribution in [-0.4, -0.2) is 6.29 Å². The molecule has 0 heterocycles. The van der Waals surface area contributed by atoms with Crippen molar-refractivity contribution in [1.82, 2.24) is 0 Å². The van der Waals surface area contributed by atoms with Crippen molar-refractivity contribution >= 4 is 6.29 Å². The highest BCUT2D eigenvalue weighted by atomic mass is 16.1. The molecule has 2 aliphatic carbocycles. The number of rotatable bonds is 1. The Balaban J connectivity index is 2.37. The van der Waals surface area contributed by atoms with Gasteiger partial charge in [-0.2, -0.15) is 0 Å². The first kappa shape index (κ1) is 10.9. The second-order valence-electron chi connectivity index (χ2n) is 6.15. The van der Waals surface area contributed by atoms with Gasteiger partial charge in [-0.1, -0.05) is 38.8 Å². The highest BCUT2D eigenvalue weighted by Crippen LogP contribution is 2.53. The van der Waals surface area contributed by atoms with E-state index in [4.69, 9.17) is 0 Å². The average Bonchev–Trinajstić information content (AvgIpc) is 2.19. The maximum absolute atomic E-state index is 11.3. The summed E-state index contributed by atoms with van der Waals surface area (Å²) in [6.45, 7) is 6.82. The molecule has 0 aromatic rings. The van der Waals surface area contributed by atoms with Crippen LogP contribution in [0.2, 0.25) is 0 Å². The summed E-state index contributed by atoms with van der Waals surface area (Å²) in [5, 5.41) is 0. The Morgan fingerprint density at radius 2 is 2.07 bits per heavy atom. The number of hydrogen-bond acceptors (Lipinski definition) is 1. The summed E-state index contributed by atoms with van der Waals surface area (Å²) < 4.78 is 0. The molecule has 0 aromatic carbocycles. The first-order valence-corrected chi connectivity index (χ1v) is 6.16. The Kier molecular flexibility index (Phi) is 2.52. The molecule has 0 N–H and O–H groups in total. The molecule has 0 bridgehead atoms. The lowest BCUT2D eigenvalue weighted by Crippen LogP contribution is -2.40. The van der Waals surface area contributed by atoms with Gasteiger partial charge in [0.15, 0.2) is 0 Å². The number of fused-ring (bicyclic) bond motifs is 1. The van der Waals surface area contributed by atoms with Crippen LogP contribution in [0.1, 0.15) is 52.9 Å². The molecule has 2 aliphatic rings. The molecular weight excluding hydrogens is 184 g/mol. The Morgan fingerprint density at radius 3 is 2.73 bits per heavy atom. The van der Waals surface area contributed by atoms with Gasteiger partial charge >= 0.3 is 0 Å². The van der Waals surface area contributed by atoms with Crippen molar-refractivity contribution in [3.05, 3.63) is 11.6 Å². The van der Waals surface area contributed by atoms with Crippen molar-refractivity contribution in [3.63, 3.8) is 0 Å². The van der Waals surface area contributed by atoms with Crippen LogP contribution in [0, 0.1) is 16.7 Å². The molecule has 0 radical (unpaired) electrons.